The Hall–Kier alpha value is -0.480. The van der Waals surface area contributed by atoms with Crippen LogP contribution in [-0.4, -0.2) is 34.1 Å². The second kappa shape index (κ2) is 4.18. The van der Waals surface area contributed by atoms with Gasteiger partial charge in [-0.25, -0.2) is 4.98 Å². The first-order chi connectivity index (χ1) is 7.45. The van der Waals surface area contributed by atoms with Crippen LogP contribution < -0.4 is 5.32 Å². The van der Waals surface area contributed by atoms with Gasteiger partial charge in [0, 0.05) is 36.1 Å². The van der Waals surface area contributed by atoms with E-state index in [4.69, 9.17) is 0 Å². The molecule has 2 atom stereocenters. The van der Waals surface area contributed by atoms with E-state index in [9.17, 15) is 0 Å². The Morgan fingerprint density at radius 3 is 3.20 bits per heavy atom. The smallest absolute Gasteiger partial charge is 0.0951 e. The molecule has 3 heterocycles. The Labute approximate surface area is 94.7 Å². The lowest BCUT2D eigenvalue weighted by molar-refractivity contribution is 0.519. The van der Waals surface area contributed by atoms with Crippen LogP contribution in [0.15, 0.2) is 12.5 Å². The third-order valence-electron chi connectivity index (χ3n) is 3.47. The zero-order chi connectivity index (χ0) is 10.1. The van der Waals surface area contributed by atoms with E-state index in [1.807, 2.05) is 6.33 Å². The summed E-state index contributed by atoms with van der Waals surface area (Å²) >= 11 is 2.07. The van der Waals surface area contributed by atoms with Crippen molar-refractivity contribution in [3.8, 4) is 0 Å². The molecule has 1 aromatic rings. The van der Waals surface area contributed by atoms with E-state index in [-0.39, 0.29) is 0 Å². The molecule has 2 unspecified atom stereocenters. The molecule has 3 rings (SSSR count). The Morgan fingerprint density at radius 2 is 2.47 bits per heavy atom. The van der Waals surface area contributed by atoms with Gasteiger partial charge in [0.15, 0.2) is 0 Å². The van der Waals surface area contributed by atoms with Gasteiger partial charge in [-0.3, -0.25) is 0 Å². The van der Waals surface area contributed by atoms with Crippen molar-refractivity contribution in [2.45, 2.75) is 24.8 Å². The fraction of sp³-hybridized carbons (Fsp3) is 0.727. The minimum atomic E-state index is 0.693. The highest BCUT2D eigenvalue weighted by molar-refractivity contribution is 7.99. The molecule has 2 fully saturated rings. The maximum Gasteiger partial charge on any atom is 0.0951 e. The van der Waals surface area contributed by atoms with Gasteiger partial charge in [0.05, 0.1) is 6.33 Å². The predicted molar refractivity (Wildman–Crippen MR) is 63.4 cm³/mol. The zero-order valence-corrected chi connectivity index (χ0v) is 9.67. The number of aromatic nitrogens is 2. The lowest BCUT2D eigenvalue weighted by Crippen LogP contribution is -2.15. The minimum absolute atomic E-state index is 0.693. The lowest BCUT2D eigenvalue weighted by Gasteiger charge is -2.17. The van der Waals surface area contributed by atoms with Gasteiger partial charge in [-0.1, -0.05) is 0 Å². The molecular weight excluding hydrogens is 206 g/mol. The number of hydrogen-bond acceptors (Lipinski definition) is 3. The molecule has 1 N–H and O–H groups in total. The second-order valence-electron chi connectivity index (χ2n) is 4.43. The number of thioether (sulfide) groups is 1. The predicted octanol–water partition coefficient (Wildman–Crippen LogP) is 1.64. The summed E-state index contributed by atoms with van der Waals surface area (Å²) in [5, 5.41) is 3.43. The monoisotopic (exact) mass is 223 g/mol. The summed E-state index contributed by atoms with van der Waals surface area (Å²) in [6.07, 6.45) is 6.69. The van der Waals surface area contributed by atoms with E-state index >= 15 is 0 Å². The normalized spacial score (nSPS) is 31.2. The third kappa shape index (κ3) is 1.81. The highest BCUT2D eigenvalue weighted by atomic mass is 32.2. The van der Waals surface area contributed by atoms with Gasteiger partial charge < -0.3 is 9.88 Å². The number of nitrogens with zero attached hydrogens (tertiary/aromatic N) is 2. The summed E-state index contributed by atoms with van der Waals surface area (Å²) in [6, 6.07) is 0.702. The van der Waals surface area contributed by atoms with Gasteiger partial charge >= 0.3 is 0 Å². The van der Waals surface area contributed by atoms with E-state index < -0.39 is 0 Å². The number of imidazole rings is 1. The SMILES string of the molecule is c1ncn(C2CCSC2)c1C1CCNC1. The molecule has 0 bridgehead atoms. The van der Waals surface area contributed by atoms with Crippen molar-refractivity contribution in [3.05, 3.63) is 18.2 Å². The maximum atomic E-state index is 4.34. The minimum Gasteiger partial charge on any atom is -0.330 e. The largest absolute Gasteiger partial charge is 0.330 e. The van der Waals surface area contributed by atoms with Crippen LogP contribution in [0.1, 0.15) is 30.5 Å². The van der Waals surface area contributed by atoms with Crippen molar-refractivity contribution in [3.63, 3.8) is 0 Å². The molecule has 0 aromatic carbocycles. The molecule has 0 amide bonds. The molecule has 1 aromatic heterocycles. The molecule has 2 saturated heterocycles. The first-order valence-corrected chi connectivity index (χ1v) is 6.91. The van der Waals surface area contributed by atoms with E-state index in [1.165, 1.54) is 30.0 Å². The highest BCUT2D eigenvalue weighted by Gasteiger charge is 2.25. The van der Waals surface area contributed by atoms with Gasteiger partial charge in [0.25, 0.3) is 0 Å². The molecule has 2 aliphatic heterocycles. The molecule has 82 valence electrons. The molecule has 0 radical (unpaired) electrons. The summed E-state index contributed by atoms with van der Waals surface area (Å²) in [6.45, 7) is 2.29. The van der Waals surface area contributed by atoms with Crippen molar-refractivity contribution in [1.82, 2.24) is 14.9 Å². The summed E-state index contributed by atoms with van der Waals surface area (Å²) < 4.78 is 2.43. The van der Waals surface area contributed by atoms with E-state index in [1.54, 1.807) is 0 Å². The van der Waals surface area contributed by atoms with E-state index in [0.717, 1.165) is 13.1 Å². The van der Waals surface area contributed by atoms with Crippen molar-refractivity contribution < 1.29 is 0 Å². The van der Waals surface area contributed by atoms with Crippen molar-refractivity contribution in [2.75, 3.05) is 24.6 Å². The van der Waals surface area contributed by atoms with Crippen molar-refractivity contribution in [2.24, 2.45) is 0 Å². The molecular formula is C11H17N3S. The first-order valence-electron chi connectivity index (χ1n) is 5.75. The number of nitrogens with one attached hydrogen (secondary N) is 1. The van der Waals surface area contributed by atoms with Crippen LogP contribution in [0, 0.1) is 0 Å². The standard InChI is InChI=1S/C11H17N3S/c1-3-12-5-9(1)11-6-13-8-14(11)10-2-4-15-7-10/h6,8-10,12H,1-5,7H2. The van der Waals surface area contributed by atoms with Gasteiger partial charge in [-0.2, -0.15) is 11.8 Å². The molecule has 4 heteroatoms. The Kier molecular flexibility index (Phi) is 2.71. The van der Waals surface area contributed by atoms with E-state index in [2.05, 4.69) is 32.8 Å². The molecule has 0 aliphatic carbocycles. The summed E-state index contributed by atoms with van der Waals surface area (Å²) in [5.74, 6) is 3.27. The third-order valence-corrected chi connectivity index (χ3v) is 4.62. The topological polar surface area (TPSA) is 29.9 Å². The van der Waals surface area contributed by atoms with Crippen LogP contribution in [0.2, 0.25) is 0 Å². The van der Waals surface area contributed by atoms with E-state index in [0.29, 0.717) is 12.0 Å². The van der Waals surface area contributed by atoms with Crippen LogP contribution in [0.4, 0.5) is 0 Å². The Balaban J connectivity index is 1.84. The quantitative estimate of drug-likeness (QED) is 0.826. The summed E-state index contributed by atoms with van der Waals surface area (Å²) in [7, 11) is 0. The van der Waals surface area contributed by atoms with Crippen LogP contribution in [0.3, 0.4) is 0 Å². The van der Waals surface area contributed by atoms with Crippen molar-refractivity contribution in [1.29, 1.82) is 0 Å². The average molecular weight is 223 g/mol. The van der Waals surface area contributed by atoms with Crippen LogP contribution >= 0.6 is 11.8 Å². The first kappa shape index (κ1) is 9.73. The van der Waals surface area contributed by atoms with Gasteiger partial charge in [-0.15, -0.1) is 0 Å². The second-order valence-corrected chi connectivity index (χ2v) is 5.58. The fourth-order valence-electron chi connectivity index (χ4n) is 2.58. The maximum absolute atomic E-state index is 4.34. The molecule has 3 nitrogen and oxygen atoms in total. The van der Waals surface area contributed by atoms with Crippen LogP contribution in [-0.2, 0) is 0 Å². The molecule has 2 aliphatic rings. The van der Waals surface area contributed by atoms with Crippen molar-refractivity contribution >= 4 is 11.8 Å². The van der Waals surface area contributed by atoms with Crippen LogP contribution in [0.5, 0.6) is 0 Å². The molecule has 15 heavy (non-hydrogen) atoms. The number of hydrogen-bond donors (Lipinski definition) is 1. The lowest BCUT2D eigenvalue weighted by atomic mass is 10.0. The fourth-order valence-corrected chi connectivity index (χ4v) is 3.79. The zero-order valence-electron chi connectivity index (χ0n) is 8.85. The molecule has 0 saturated carbocycles. The highest BCUT2D eigenvalue weighted by Crippen LogP contribution is 2.32. The summed E-state index contributed by atoms with van der Waals surface area (Å²) in [4.78, 5) is 4.34. The Morgan fingerprint density at radius 1 is 1.47 bits per heavy atom. The number of rotatable bonds is 2. The summed E-state index contributed by atoms with van der Waals surface area (Å²) in [5.41, 5.74) is 1.45. The van der Waals surface area contributed by atoms with Gasteiger partial charge in [0.1, 0.15) is 0 Å². The molecule has 0 spiro atoms. The van der Waals surface area contributed by atoms with Gasteiger partial charge in [-0.05, 0) is 25.1 Å². The Bertz CT molecular complexity index is 294. The van der Waals surface area contributed by atoms with Crippen LogP contribution in [0.25, 0.3) is 0 Å². The average Bonchev–Trinajstić information content (AvgIpc) is 3.01. The van der Waals surface area contributed by atoms with Gasteiger partial charge in [0.2, 0.25) is 0 Å².